The fraction of sp³-hybridized carbons (Fsp3) is 0.222. The number of hydrogen-bond donors (Lipinski definition) is 0. The predicted octanol–water partition coefficient (Wildman–Crippen LogP) is 2.27. The monoisotopic (exact) mass is 218 g/mol. The van der Waals surface area contributed by atoms with E-state index in [0.717, 1.165) is 12.1 Å². The Morgan fingerprint density at radius 2 is 2.29 bits per heavy atom. The van der Waals surface area contributed by atoms with Crippen LogP contribution in [0.5, 0.6) is 5.75 Å². The Bertz CT molecular complexity index is 341. The van der Waals surface area contributed by atoms with Gasteiger partial charge in [-0.2, -0.15) is 0 Å². The quantitative estimate of drug-likeness (QED) is 0.575. The van der Waals surface area contributed by atoms with Crippen LogP contribution in [0.25, 0.3) is 0 Å². The average molecular weight is 219 g/mol. The van der Waals surface area contributed by atoms with Crippen LogP contribution in [-0.2, 0) is 4.74 Å². The van der Waals surface area contributed by atoms with E-state index in [-0.39, 0.29) is 23.1 Å². The molecule has 0 N–H and O–H groups in total. The van der Waals surface area contributed by atoms with Crippen molar-refractivity contribution in [1.29, 1.82) is 0 Å². The third kappa shape index (κ3) is 2.43. The lowest BCUT2D eigenvalue weighted by atomic mass is 10.2. The van der Waals surface area contributed by atoms with Gasteiger partial charge in [0.2, 0.25) is 0 Å². The fourth-order valence-corrected chi connectivity index (χ4v) is 1.21. The van der Waals surface area contributed by atoms with Crippen molar-refractivity contribution in [2.24, 2.45) is 0 Å². The minimum Gasteiger partial charge on any atom is -0.465 e. The topological polar surface area (TPSA) is 35.5 Å². The van der Waals surface area contributed by atoms with Gasteiger partial charge in [0.05, 0.1) is 10.6 Å². The molecule has 76 valence electrons. The number of rotatable bonds is 4. The summed E-state index contributed by atoms with van der Waals surface area (Å²) in [5, 5.41) is 0.0455. The second-order valence-electron chi connectivity index (χ2n) is 2.47. The third-order valence-electron chi connectivity index (χ3n) is 1.49. The van der Waals surface area contributed by atoms with Crippen molar-refractivity contribution in [2.45, 2.75) is 0 Å². The minimum absolute atomic E-state index is 0.0455. The van der Waals surface area contributed by atoms with Crippen LogP contribution in [-0.4, -0.2) is 20.2 Å². The predicted molar refractivity (Wildman–Crippen MR) is 49.3 cm³/mol. The van der Waals surface area contributed by atoms with E-state index in [1.54, 1.807) is 0 Å². The Balaban J connectivity index is 3.05. The molecular weight excluding hydrogens is 211 g/mol. The van der Waals surface area contributed by atoms with Crippen molar-refractivity contribution < 1.29 is 18.7 Å². The van der Waals surface area contributed by atoms with E-state index in [1.807, 2.05) is 0 Å². The summed E-state index contributed by atoms with van der Waals surface area (Å²) < 4.78 is 22.4. The maximum absolute atomic E-state index is 12.8. The van der Waals surface area contributed by atoms with Gasteiger partial charge in [0.1, 0.15) is 5.82 Å². The van der Waals surface area contributed by atoms with Crippen molar-refractivity contribution in [3.8, 4) is 5.75 Å². The van der Waals surface area contributed by atoms with E-state index in [0.29, 0.717) is 6.29 Å². The van der Waals surface area contributed by atoms with Gasteiger partial charge < -0.3 is 9.47 Å². The number of halogens is 2. The second kappa shape index (κ2) is 4.93. The minimum atomic E-state index is -0.582. The van der Waals surface area contributed by atoms with Crippen molar-refractivity contribution in [3.05, 3.63) is 28.5 Å². The Kier molecular flexibility index (Phi) is 3.85. The second-order valence-corrected chi connectivity index (χ2v) is 2.88. The zero-order chi connectivity index (χ0) is 10.6. The van der Waals surface area contributed by atoms with E-state index in [2.05, 4.69) is 4.74 Å². The molecule has 0 unspecified atom stereocenters. The highest BCUT2D eigenvalue weighted by atomic mass is 35.5. The number of aldehydes is 1. The molecule has 1 aromatic rings. The molecule has 1 aromatic carbocycles. The molecule has 0 aliphatic heterocycles. The Morgan fingerprint density at radius 1 is 1.57 bits per heavy atom. The lowest BCUT2D eigenvalue weighted by molar-refractivity contribution is 0.0505. The molecule has 0 saturated carbocycles. The number of benzene rings is 1. The number of methoxy groups -OCH3 is 1. The first-order valence-electron chi connectivity index (χ1n) is 3.75. The first-order chi connectivity index (χ1) is 6.69. The summed E-state index contributed by atoms with van der Waals surface area (Å²) in [6.07, 6.45) is 0.472. The molecule has 0 aliphatic carbocycles. The van der Waals surface area contributed by atoms with Gasteiger partial charge in [0.15, 0.2) is 18.8 Å². The van der Waals surface area contributed by atoms with Crippen molar-refractivity contribution in [1.82, 2.24) is 0 Å². The van der Waals surface area contributed by atoms with Crippen molar-refractivity contribution in [3.63, 3.8) is 0 Å². The highest BCUT2D eigenvalue weighted by Gasteiger charge is 2.10. The van der Waals surface area contributed by atoms with Crippen LogP contribution in [0.2, 0.25) is 5.02 Å². The molecule has 0 aliphatic rings. The van der Waals surface area contributed by atoms with E-state index < -0.39 is 5.82 Å². The molecule has 0 bridgehead atoms. The molecule has 0 radical (unpaired) electrons. The Labute approximate surface area is 85.4 Å². The number of carbonyl (C=O) groups is 1. The fourth-order valence-electron chi connectivity index (χ4n) is 0.938. The van der Waals surface area contributed by atoms with Crippen molar-refractivity contribution >= 4 is 17.9 Å². The molecule has 0 spiro atoms. The molecule has 14 heavy (non-hydrogen) atoms. The summed E-state index contributed by atoms with van der Waals surface area (Å²) in [5.41, 5.74) is 0.0621. The standard InChI is InChI=1S/C9H8ClFO3/c1-13-5-14-9-6(4-12)2-7(11)3-8(9)10/h2-4H,5H2,1H3. The van der Waals surface area contributed by atoms with Gasteiger partial charge in [-0.25, -0.2) is 4.39 Å². The van der Waals surface area contributed by atoms with Gasteiger partial charge in [-0.3, -0.25) is 4.79 Å². The molecule has 5 heteroatoms. The normalized spacial score (nSPS) is 9.93. The summed E-state index contributed by atoms with van der Waals surface area (Å²) >= 11 is 5.67. The average Bonchev–Trinajstić information content (AvgIpc) is 2.15. The van der Waals surface area contributed by atoms with Crippen LogP contribution in [0, 0.1) is 5.82 Å². The summed E-state index contributed by atoms with van der Waals surface area (Å²) in [5.74, 6) is -0.452. The van der Waals surface area contributed by atoms with E-state index in [9.17, 15) is 9.18 Å². The zero-order valence-electron chi connectivity index (χ0n) is 7.42. The molecule has 0 amide bonds. The van der Waals surface area contributed by atoms with Gasteiger partial charge in [-0.05, 0) is 12.1 Å². The summed E-state index contributed by atoms with van der Waals surface area (Å²) in [6.45, 7) is -0.0494. The SMILES string of the molecule is COCOc1c(Cl)cc(F)cc1C=O. The molecule has 0 saturated heterocycles. The van der Waals surface area contributed by atoms with Crippen molar-refractivity contribution in [2.75, 3.05) is 13.9 Å². The lowest BCUT2D eigenvalue weighted by Crippen LogP contribution is -2.02. The third-order valence-corrected chi connectivity index (χ3v) is 1.77. The number of carbonyl (C=O) groups excluding carboxylic acids is 1. The summed E-state index contributed by atoms with van der Waals surface area (Å²) in [7, 11) is 1.43. The zero-order valence-corrected chi connectivity index (χ0v) is 8.18. The van der Waals surface area contributed by atoms with Crippen LogP contribution in [0.15, 0.2) is 12.1 Å². The summed E-state index contributed by atoms with van der Waals surface area (Å²) in [6, 6.07) is 2.11. The first-order valence-corrected chi connectivity index (χ1v) is 4.12. The van der Waals surface area contributed by atoms with Gasteiger partial charge >= 0.3 is 0 Å². The molecule has 0 atom stereocenters. The molecule has 0 aromatic heterocycles. The highest BCUT2D eigenvalue weighted by Crippen LogP contribution is 2.28. The maximum atomic E-state index is 12.8. The molecule has 3 nitrogen and oxygen atoms in total. The van der Waals surface area contributed by atoms with Gasteiger partial charge in [0, 0.05) is 7.11 Å². The Hall–Kier alpha value is -1.13. The van der Waals surface area contributed by atoms with Crippen LogP contribution in [0.4, 0.5) is 4.39 Å². The smallest absolute Gasteiger partial charge is 0.188 e. The molecular formula is C9H8ClFO3. The lowest BCUT2D eigenvalue weighted by Gasteiger charge is -2.08. The number of ether oxygens (including phenoxy) is 2. The molecule has 1 rings (SSSR count). The molecule has 0 fully saturated rings. The van der Waals surface area contributed by atoms with Gasteiger partial charge in [-0.1, -0.05) is 11.6 Å². The van der Waals surface area contributed by atoms with Crippen LogP contribution in [0.1, 0.15) is 10.4 Å². The number of hydrogen-bond acceptors (Lipinski definition) is 3. The largest absolute Gasteiger partial charge is 0.465 e. The van der Waals surface area contributed by atoms with E-state index in [4.69, 9.17) is 16.3 Å². The highest BCUT2D eigenvalue weighted by molar-refractivity contribution is 6.32. The van der Waals surface area contributed by atoms with Crippen LogP contribution < -0.4 is 4.74 Å². The van der Waals surface area contributed by atoms with Crippen LogP contribution in [0.3, 0.4) is 0 Å². The Morgan fingerprint density at radius 3 is 2.86 bits per heavy atom. The van der Waals surface area contributed by atoms with Crippen LogP contribution >= 0.6 is 11.6 Å². The van der Waals surface area contributed by atoms with Gasteiger partial charge in [-0.15, -0.1) is 0 Å². The van der Waals surface area contributed by atoms with Gasteiger partial charge in [0.25, 0.3) is 0 Å². The maximum Gasteiger partial charge on any atom is 0.188 e. The molecule has 0 heterocycles. The van der Waals surface area contributed by atoms with E-state index in [1.165, 1.54) is 7.11 Å². The summed E-state index contributed by atoms with van der Waals surface area (Å²) in [4.78, 5) is 10.5. The van der Waals surface area contributed by atoms with E-state index >= 15 is 0 Å². The first kappa shape index (κ1) is 10.9.